The lowest BCUT2D eigenvalue weighted by atomic mass is 10.1. The molecular weight excluding hydrogens is 458 g/mol. The average Bonchev–Trinajstić information content (AvgIpc) is 2.82. The van der Waals surface area contributed by atoms with Crippen molar-refractivity contribution in [3.05, 3.63) is 111 Å². The third-order valence-electron chi connectivity index (χ3n) is 5.02. The van der Waals surface area contributed by atoms with Crippen LogP contribution in [0.1, 0.15) is 15.9 Å². The van der Waals surface area contributed by atoms with Gasteiger partial charge in [0.25, 0.3) is 11.5 Å². The first-order chi connectivity index (χ1) is 16.0. The summed E-state index contributed by atoms with van der Waals surface area (Å²) in [5.41, 5.74) is 2.17. The van der Waals surface area contributed by atoms with E-state index >= 15 is 0 Å². The Balaban J connectivity index is 1.47. The molecule has 0 spiro atoms. The maximum Gasteiger partial charge on any atom is 0.262 e. The minimum Gasteiger partial charge on any atom is -0.489 e. The highest BCUT2D eigenvalue weighted by Crippen LogP contribution is 2.21. The Morgan fingerprint density at radius 3 is 2.64 bits per heavy atom. The highest BCUT2D eigenvalue weighted by Gasteiger charge is 2.11. The molecule has 4 rings (SSSR count). The quantitative estimate of drug-likeness (QED) is 0.263. The zero-order valence-corrected chi connectivity index (χ0v) is 19.1. The molecular formula is C25H20ClN3O3S. The first-order valence-electron chi connectivity index (χ1n) is 10.1. The Morgan fingerprint density at radius 2 is 1.91 bits per heavy atom. The van der Waals surface area contributed by atoms with E-state index in [1.54, 1.807) is 48.5 Å². The molecule has 0 atom stereocenters. The number of ether oxygens (including phenoxy) is 1. The molecule has 33 heavy (non-hydrogen) atoms. The first kappa shape index (κ1) is 22.5. The highest BCUT2D eigenvalue weighted by atomic mass is 35.5. The van der Waals surface area contributed by atoms with Crippen molar-refractivity contribution in [2.24, 2.45) is 0 Å². The number of fused-ring (bicyclic) bond motifs is 1. The van der Waals surface area contributed by atoms with E-state index in [1.165, 1.54) is 4.57 Å². The molecule has 0 bridgehead atoms. The number of benzene rings is 3. The second kappa shape index (κ2) is 9.85. The zero-order valence-electron chi connectivity index (χ0n) is 17.5. The average molecular weight is 478 g/mol. The normalized spacial score (nSPS) is 10.7. The predicted molar refractivity (Wildman–Crippen MR) is 134 cm³/mol. The summed E-state index contributed by atoms with van der Waals surface area (Å²) in [4.78, 5) is 28.4. The molecule has 0 radical (unpaired) electrons. The maximum atomic E-state index is 12.7. The van der Waals surface area contributed by atoms with Gasteiger partial charge in [0.2, 0.25) is 0 Å². The van der Waals surface area contributed by atoms with Crippen LogP contribution in [-0.4, -0.2) is 15.5 Å². The van der Waals surface area contributed by atoms with Gasteiger partial charge in [-0.15, -0.1) is 6.58 Å². The van der Waals surface area contributed by atoms with Gasteiger partial charge in [-0.25, -0.2) is 0 Å². The Bertz CT molecular complexity index is 1460. The summed E-state index contributed by atoms with van der Waals surface area (Å²) in [6.07, 6.45) is 1.60. The van der Waals surface area contributed by atoms with Gasteiger partial charge in [-0.05, 0) is 60.7 Å². The van der Waals surface area contributed by atoms with E-state index in [-0.39, 0.29) is 16.2 Å². The summed E-state index contributed by atoms with van der Waals surface area (Å²) in [5.74, 6) is 0.346. The topological polar surface area (TPSA) is 76.1 Å². The van der Waals surface area contributed by atoms with Crippen LogP contribution >= 0.6 is 23.8 Å². The van der Waals surface area contributed by atoms with Crippen LogP contribution in [0.5, 0.6) is 5.75 Å². The number of halogens is 1. The first-order valence-corrected chi connectivity index (χ1v) is 10.9. The smallest absolute Gasteiger partial charge is 0.262 e. The van der Waals surface area contributed by atoms with Gasteiger partial charge < -0.3 is 15.0 Å². The predicted octanol–water partition coefficient (Wildman–Crippen LogP) is 5.73. The second-order valence-corrected chi connectivity index (χ2v) is 8.05. The number of H-pyrrole nitrogens is 1. The van der Waals surface area contributed by atoms with Gasteiger partial charge in [0, 0.05) is 28.4 Å². The molecule has 0 aliphatic rings. The SMILES string of the molecule is C=CCn1c(=S)[nH]c2cc(C(=O)Nc3ccc(OCc4ccccc4Cl)cc3)ccc2c1=O. The molecule has 1 heterocycles. The monoisotopic (exact) mass is 477 g/mol. The molecule has 0 aliphatic heterocycles. The maximum absolute atomic E-state index is 12.7. The number of carbonyl (C=O) groups excluding carboxylic acids is 1. The number of aromatic nitrogens is 2. The standard InChI is InChI=1S/C25H20ClN3O3S/c1-2-13-29-24(31)20-12-7-16(14-22(20)28-25(29)33)23(30)27-18-8-10-19(11-9-18)32-15-17-5-3-4-6-21(17)26/h2-12,14H,1,13,15H2,(H,27,30)(H,28,33). The molecule has 2 N–H and O–H groups in total. The number of anilines is 1. The summed E-state index contributed by atoms with van der Waals surface area (Å²) in [6.45, 7) is 4.30. The molecule has 0 unspecified atom stereocenters. The zero-order chi connectivity index (χ0) is 23.4. The number of nitrogens with zero attached hydrogens (tertiary/aromatic N) is 1. The number of hydrogen-bond donors (Lipinski definition) is 2. The molecule has 6 nitrogen and oxygen atoms in total. The fourth-order valence-electron chi connectivity index (χ4n) is 3.30. The largest absolute Gasteiger partial charge is 0.489 e. The number of carbonyl (C=O) groups is 1. The number of allylic oxidation sites excluding steroid dienone is 1. The fraction of sp³-hybridized carbons (Fsp3) is 0.0800. The van der Waals surface area contributed by atoms with Crippen LogP contribution in [0.3, 0.4) is 0 Å². The lowest BCUT2D eigenvalue weighted by Gasteiger charge is -2.10. The van der Waals surface area contributed by atoms with Gasteiger partial charge >= 0.3 is 0 Å². The van der Waals surface area contributed by atoms with Crippen molar-refractivity contribution in [3.8, 4) is 5.75 Å². The molecule has 3 aromatic carbocycles. The van der Waals surface area contributed by atoms with Gasteiger partial charge in [0.1, 0.15) is 12.4 Å². The Labute approximate surface area is 200 Å². The van der Waals surface area contributed by atoms with Crippen molar-refractivity contribution in [1.29, 1.82) is 0 Å². The van der Waals surface area contributed by atoms with Crippen molar-refractivity contribution in [3.63, 3.8) is 0 Å². The molecule has 0 aliphatic carbocycles. The van der Waals surface area contributed by atoms with Crippen LogP contribution < -0.4 is 15.6 Å². The van der Waals surface area contributed by atoms with E-state index in [2.05, 4.69) is 16.9 Å². The summed E-state index contributed by atoms with van der Waals surface area (Å²) < 4.78 is 7.46. The van der Waals surface area contributed by atoms with Crippen LogP contribution in [0, 0.1) is 4.77 Å². The lowest BCUT2D eigenvalue weighted by molar-refractivity contribution is 0.102. The van der Waals surface area contributed by atoms with E-state index in [0.717, 1.165) is 5.56 Å². The molecule has 0 fully saturated rings. The number of aromatic amines is 1. The van der Waals surface area contributed by atoms with Crippen molar-refractivity contribution in [2.75, 3.05) is 5.32 Å². The summed E-state index contributed by atoms with van der Waals surface area (Å²) in [6, 6.07) is 19.4. The highest BCUT2D eigenvalue weighted by molar-refractivity contribution is 7.71. The Hall–Kier alpha value is -3.68. The molecule has 0 saturated carbocycles. The van der Waals surface area contributed by atoms with E-state index < -0.39 is 0 Å². The number of nitrogens with one attached hydrogen (secondary N) is 2. The number of rotatable bonds is 7. The van der Waals surface area contributed by atoms with E-state index in [9.17, 15) is 9.59 Å². The van der Waals surface area contributed by atoms with Crippen LogP contribution in [0.2, 0.25) is 5.02 Å². The number of hydrogen-bond acceptors (Lipinski definition) is 4. The van der Waals surface area contributed by atoms with Gasteiger partial charge in [0.05, 0.1) is 10.9 Å². The van der Waals surface area contributed by atoms with Crippen molar-refractivity contribution in [1.82, 2.24) is 9.55 Å². The van der Waals surface area contributed by atoms with E-state index in [0.29, 0.717) is 46.1 Å². The van der Waals surface area contributed by atoms with Crippen LogP contribution in [0.25, 0.3) is 10.9 Å². The fourth-order valence-corrected chi connectivity index (χ4v) is 3.76. The molecule has 0 saturated heterocycles. The molecule has 4 aromatic rings. The summed E-state index contributed by atoms with van der Waals surface area (Å²) in [5, 5.41) is 3.94. The van der Waals surface area contributed by atoms with Crippen LogP contribution in [-0.2, 0) is 13.2 Å². The van der Waals surface area contributed by atoms with Crippen molar-refractivity contribution < 1.29 is 9.53 Å². The van der Waals surface area contributed by atoms with Gasteiger partial charge in [-0.3, -0.25) is 14.2 Å². The molecule has 166 valence electrons. The molecule has 1 amide bonds. The Kier molecular flexibility index (Phi) is 6.72. The van der Waals surface area contributed by atoms with E-state index in [1.807, 2.05) is 24.3 Å². The third kappa shape index (κ3) is 5.05. The summed E-state index contributed by atoms with van der Waals surface area (Å²) in [7, 11) is 0. The van der Waals surface area contributed by atoms with Crippen LogP contribution in [0.4, 0.5) is 5.69 Å². The van der Waals surface area contributed by atoms with E-state index in [4.69, 9.17) is 28.6 Å². The van der Waals surface area contributed by atoms with Crippen molar-refractivity contribution in [2.45, 2.75) is 13.2 Å². The van der Waals surface area contributed by atoms with Crippen LogP contribution in [0.15, 0.2) is 84.2 Å². The Morgan fingerprint density at radius 1 is 1.15 bits per heavy atom. The van der Waals surface area contributed by atoms with Gasteiger partial charge in [-0.1, -0.05) is 35.9 Å². The second-order valence-electron chi connectivity index (χ2n) is 7.25. The molecule has 1 aromatic heterocycles. The third-order valence-corrected chi connectivity index (χ3v) is 5.71. The minimum atomic E-state index is -0.309. The minimum absolute atomic E-state index is 0.229. The number of amides is 1. The summed E-state index contributed by atoms with van der Waals surface area (Å²) >= 11 is 11.4. The lowest BCUT2D eigenvalue weighted by Crippen LogP contribution is -2.22. The van der Waals surface area contributed by atoms with Crippen molar-refractivity contribution >= 4 is 46.3 Å². The molecule has 8 heteroatoms. The van der Waals surface area contributed by atoms with Gasteiger partial charge in [0.15, 0.2) is 4.77 Å². The van der Waals surface area contributed by atoms with Gasteiger partial charge in [-0.2, -0.15) is 0 Å².